The molecule has 172 valence electrons. The van der Waals surface area contributed by atoms with Gasteiger partial charge in [0.05, 0.1) is 23.5 Å². The van der Waals surface area contributed by atoms with Crippen molar-refractivity contribution in [3.63, 3.8) is 0 Å². The van der Waals surface area contributed by atoms with E-state index in [0.29, 0.717) is 33.6 Å². The molecule has 0 radical (unpaired) electrons. The van der Waals surface area contributed by atoms with E-state index < -0.39 is 6.17 Å². The van der Waals surface area contributed by atoms with Crippen molar-refractivity contribution in [3.8, 4) is 11.5 Å². The van der Waals surface area contributed by atoms with Gasteiger partial charge < -0.3 is 15.1 Å². The quantitative estimate of drug-likeness (QED) is 0.355. The number of aromatic nitrogens is 3. The smallest absolute Gasteiger partial charge is 0.317 e. The van der Waals surface area contributed by atoms with Crippen molar-refractivity contribution >= 4 is 39.9 Å². The van der Waals surface area contributed by atoms with Crippen LogP contribution in [-0.2, 0) is 4.79 Å². The molecule has 2 N–H and O–H groups in total. The molecular weight excluding hydrogens is 454 g/mol. The van der Waals surface area contributed by atoms with Gasteiger partial charge in [0, 0.05) is 28.3 Å². The Labute approximate surface area is 205 Å². The first-order chi connectivity index (χ1) is 17.7. The van der Waals surface area contributed by atoms with Gasteiger partial charge in [0.25, 0.3) is 5.91 Å². The van der Waals surface area contributed by atoms with Gasteiger partial charge in [-0.25, -0.2) is 9.84 Å². The summed E-state index contributed by atoms with van der Waals surface area (Å²) in [5, 5.41) is 14.9. The second-order valence-electron chi connectivity index (χ2n) is 8.01. The molecule has 3 heterocycles. The van der Waals surface area contributed by atoms with Crippen LogP contribution in [0.25, 0.3) is 27.2 Å². The van der Waals surface area contributed by atoms with E-state index in [9.17, 15) is 4.79 Å². The highest BCUT2D eigenvalue weighted by molar-refractivity contribution is 6.19. The highest BCUT2D eigenvalue weighted by Crippen LogP contribution is 2.31. The van der Waals surface area contributed by atoms with Crippen molar-refractivity contribution in [3.05, 3.63) is 108 Å². The summed E-state index contributed by atoms with van der Waals surface area (Å²) in [6, 6.07) is 24.2. The summed E-state index contributed by atoms with van der Waals surface area (Å²) in [5.74, 6) is -0.124. The van der Waals surface area contributed by atoms with Gasteiger partial charge in [-0.1, -0.05) is 59.7 Å². The molecule has 1 atom stereocenters. The average Bonchev–Trinajstić information content (AvgIpc) is 3.34. The number of benzodiazepines with no additional fused rings is 1. The lowest BCUT2D eigenvalue weighted by atomic mass is 10.0. The zero-order chi connectivity index (χ0) is 24.5. The summed E-state index contributed by atoms with van der Waals surface area (Å²) in [6.45, 7) is 7.30. The van der Waals surface area contributed by atoms with Gasteiger partial charge in [-0.3, -0.25) is 9.78 Å². The van der Waals surface area contributed by atoms with Crippen LogP contribution < -0.4 is 10.6 Å². The first-order valence-corrected chi connectivity index (χ1v) is 11.1. The number of hydrogen-bond donors (Lipinski definition) is 2. The molecule has 1 amide bonds. The van der Waals surface area contributed by atoms with Crippen molar-refractivity contribution in [2.45, 2.75) is 6.17 Å². The van der Waals surface area contributed by atoms with Crippen molar-refractivity contribution < 1.29 is 9.21 Å². The molecule has 3 aromatic carbocycles. The molecule has 9 heteroatoms. The van der Waals surface area contributed by atoms with Gasteiger partial charge in [-0.15, -0.1) is 5.10 Å². The van der Waals surface area contributed by atoms with Crippen molar-refractivity contribution in [2.75, 3.05) is 10.6 Å². The molecule has 1 aliphatic rings. The van der Waals surface area contributed by atoms with Crippen LogP contribution in [-0.4, -0.2) is 33.0 Å². The van der Waals surface area contributed by atoms with E-state index in [1.165, 1.54) is 0 Å². The lowest BCUT2D eigenvalue weighted by Gasteiger charge is -2.11. The number of carbonyl (C=O) groups excluding carboxylic acids is 1. The van der Waals surface area contributed by atoms with Crippen LogP contribution in [0, 0.1) is 6.57 Å². The Kier molecular flexibility index (Phi) is 5.16. The Morgan fingerprint density at radius 2 is 1.78 bits per heavy atom. The lowest BCUT2D eigenvalue weighted by molar-refractivity contribution is -0.116. The van der Waals surface area contributed by atoms with Crippen molar-refractivity contribution in [2.24, 2.45) is 4.99 Å². The lowest BCUT2D eigenvalue weighted by Crippen LogP contribution is -2.32. The average molecular weight is 471 g/mol. The van der Waals surface area contributed by atoms with Crippen LogP contribution in [0.1, 0.15) is 11.1 Å². The van der Waals surface area contributed by atoms with Gasteiger partial charge in [-0.2, -0.15) is 0 Å². The Bertz CT molecular complexity index is 1690. The molecule has 0 bridgehead atoms. The summed E-state index contributed by atoms with van der Waals surface area (Å²) in [7, 11) is 0. The SMILES string of the molecule is [C-]#[N+]c1ccc2nccc(-c3nnc(N[C@H]4N=C(c5ccccc5)c5ccccc5NC4=O)o3)c2c1. The Hall–Kier alpha value is -5.36. The number of para-hydroxylation sites is 1. The molecule has 0 saturated heterocycles. The number of anilines is 2. The van der Waals surface area contributed by atoms with Crippen LogP contribution in [0.15, 0.2) is 94.5 Å². The number of hydrogen-bond acceptors (Lipinski definition) is 7. The van der Waals surface area contributed by atoms with E-state index >= 15 is 0 Å². The second-order valence-corrected chi connectivity index (χ2v) is 8.01. The number of nitrogens with one attached hydrogen (secondary N) is 2. The van der Waals surface area contributed by atoms with Crippen LogP contribution in [0.2, 0.25) is 0 Å². The van der Waals surface area contributed by atoms with Gasteiger partial charge in [0.1, 0.15) is 0 Å². The third-order valence-electron chi connectivity index (χ3n) is 5.76. The minimum atomic E-state index is -1.01. The minimum Gasteiger partial charge on any atom is -0.403 e. The zero-order valence-corrected chi connectivity index (χ0v) is 18.7. The van der Waals surface area contributed by atoms with Crippen molar-refractivity contribution in [1.82, 2.24) is 15.2 Å². The van der Waals surface area contributed by atoms with Crippen LogP contribution in [0.5, 0.6) is 0 Å². The summed E-state index contributed by atoms with van der Waals surface area (Å²) >= 11 is 0. The number of pyridine rings is 1. The number of nitrogens with zero attached hydrogens (tertiary/aromatic N) is 5. The largest absolute Gasteiger partial charge is 0.403 e. The predicted octanol–water partition coefficient (Wildman–Crippen LogP) is 5.06. The fourth-order valence-electron chi connectivity index (χ4n) is 4.08. The van der Waals surface area contributed by atoms with Crippen molar-refractivity contribution in [1.29, 1.82) is 0 Å². The molecule has 0 unspecified atom stereocenters. The first kappa shape index (κ1) is 21.2. The molecule has 0 spiro atoms. The maximum Gasteiger partial charge on any atom is 0.317 e. The highest BCUT2D eigenvalue weighted by Gasteiger charge is 2.27. The van der Waals surface area contributed by atoms with E-state index in [1.54, 1.807) is 30.5 Å². The number of amides is 1. The van der Waals surface area contributed by atoms with E-state index in [2.05, 4.69) is 30.7 Å². The monoisotopic (exact) mass is 471 g/mol. The van der Waals surface area contributed by atoms with E-state index in [1.807, 2.05) is 54.6 Å². The highest BCUT2D eigenvalue weighted by atomic mass is 16.4. The normalized spacial score (nSPS) is 14.8. The number of benzene rings is 3. The zero-order valence-electron chi connectivity index (χ0n) is 18.7. The van der Waals surface area contributed by atoms with Crippen LogP contribution in [0.4, 0.5) is 17.4 Å². The molecule has 0 fully saturated rings. The number of fused-ring (bicyclic) bond motifs is 2. The standard InChI is InChI=1S/C27H17N7O2/c1-28-17-11-12-21-20(15-17)18(13-14-29-21)26-33-34-27(36-26)32-24-25(35)30-22-10-6-5-9-19(22)23(31-24)16-7-3-2-4-8-16/h2-15,24H,(H,30,35)(H,32,34)/t24-/m1/s1. The third kappa shape index (κ3) is 3.82. The predicted molar refractivity (Wildman–Crippen MR) is 136 cm³/mol. The summed E-state index contributed by atoms with van der Waals surface area (Å²) < 4.78 is 5.87. The van der Waals surface area contributed by atoms with Gasteiger partial charge in [-0.05, 0) is 24.3 Å². The summed E-state index contributed by atoms with van der Waals surface area (Å²) in [5.41, 5.74) is 4.83. The number of rotatable bonds is 4. The molecule has 6 rings (SSSR count). The van der Waals surface area contributed by atoms with Gasteiger partial charge in [0.2, 0.25) is 12.1 Å². The Balaban J connectivity index is 1.37. The Morgan fingerprint density at radius 3 is 2.64 bits per heavy atom. The molecule has 2 aromatic heterocycles. The second kappa shape index (κ2) is 8.77. The maximum absolute atomic E-state index is 13.1. The molecular formula is C27H17N7O2. The van der Waals surface area contributed by atoms with Gasteiger partial charge >= 0.3 is 6.01 Å². The molecule has 1 aliphatic heterocycles. The summed E-state index contributed by atoms with van der Waals surface area (Å²) in [4.78, 5) is 25.6. The molecule has 0 aliphatic carbocycles. The minimum absolute atomic E-state index is 0.0403. The van der Waals surface area contributed by atoms with E-state index in [0.717, 1.165) is 11.1 Å². The summed E-state index contributed by atoms with van der Waals surface area (Å²) in [6.07, 6.45) is 0.627. The van der Waals surface area contributed by atoms with Crippen LogP contribution >= 0.6 is 0 Å². The van der Waals surface area contributed by atoms with E-state index in [4.69, 9.17) is 16.0 Å². The third-order valence-corrected chi connectivity index (χ3v) is 5.76. The van der Waals surface area contributed by atoms with E-state index in [-0.39, 0.29) is 17.8 Å². The molecule has 0 saturated carbocycles. The molecule has 5 aromatic rings. The molecule has 9 nitrogen and oxygen atoms in total. The molecule has 36 heavy (non-hydrogen) atoms. The fraction of sp³-hybridized carbons (Fsp3) is 0.0370. The van der Waals surface area contributed by atoms with Crippen LogP contribution in [0.3, 0.4) is 0 Å². The number of aliphatic imine (C=N–C) groups is 1. The number of carbonyl (C=O) groups is 1. The van der Waals surface area contributed by atoms with Gasteiger partial charge in [0.15, 0.2) is 5.69 Å². The first-order valence-electron chi connectivity index (χ1n) is 11.1. The Morgan fingerprint density at radius 1 is 0.944 bits per heavy atom. The fourth-order valence-corrected chi connectivity index (χ4v) is 4.08. The topological polar surface area (TPSA) is 110 Å². The maximum atomic E-state index is 13.1.